The molecule has 1 aromatic heterocycles. The Balaban J connectivity index is 1.64. The summed E-state index contributed by atoms with van der Waals surface area (Å²) >= 11 is 0. The number of pyridine rings is 1. The highest BCUT2D eigenvalue weighted by Gasteiger charge is 2.14. The van der Waals surface area contributed by atoms with Crippen molar-refractivity contribution in [3.63, 3.8) is 0 Å². The van der Waals surface area contributed by atoms with Gasteiger partial charge in [-0.2, -0.15) is 0 Å². The second-order valence-corrected chi connectivity index (χ2v) is 6.73. The van der Waals surface area contributed by atoms with E-state index in [0.717, 1.165) is 49.9 Å². The number of anilines is 3. The molecule has 1 aliphatic rings. The highest BCUT2D eigenvalue weighted by molar-refractivity contribution is 5.92. The van der Waals surface area contributed by atoms with Gasteiger partial charge in [-0.3, -0.25) is 4.79 Å². The molecule has 1 aromatic carbocycles. The molecule has 2 aromatic rings. The van der Waals surface area contributed by atoms with Crippen LogP contribution in [0.3, 0.4) is 0 Å². The number of hydrogen-bond acceptors (Lipinski definition) is 6. The fourth-order valence-electron chi connectivity index (χ4n) is 2.90. The van der Waals surface area contributed by atoms with Crippen molar-refractivity contribution in [2.24, 2.45) is 0 Å². The van der Waals surface area contributed by atoms with Crippen molar-refractivity contribution >= 4 is 23.0 Å². The van der Waals surface area contributed by atoms with E-state index in [1.165, 1.54) is 0 Å². The van der Waals surface area contributed by atoms with Gasteiger partial charge in [-0.25, -0.2) is 4.98 Å². The molecule has 0 atom stereocenters. The van der Waals surface area contributed by atoms with Gasteiger partial charge in [0, 0.05) is 26.2 Å². The average Bonchev–Trinajstić information content (AvgIpc) is 2.69. The van der Waals surface area contributed by atoms with E-state index in [1.807, 2.05) is 43.3 Å². The first kappa shape index (κ1) is 19.1. The third-order valence-electron chi connectivity index (χ3n) is 4.38. The number of likely N-dealkylation sites (N-methyl/N-ethyl adjacent to an activating group) is 1. The molecule has 0 bridgehead atoms. The van der Waals surface area contributed by atoms with Crippen molar-refractivity contribution in [3.8, 4) is 0 Å². The molecule has 1 aliphatic heterocycles. The Morgan fingerprint density at radius 3 is 2.67 bits per heavy atom. The van der Waals surface area contributed by atoms with E-state index in [-0.39, 0.29) is 5.91 Å². The lowest BCUT2D eigenvalue weighted by atomic mass is 10.2. The molecule has 2 heterocycles. The van der Waals surface area contributed by atoms with E-state index < -0.39 is 0 Å². The van der Waals surface area contributed by atoms with Gasteiger partial charge >= 0.3 is 0 Å². The zero-order valence-electron chi connectivity index (χ0n) is 15.9. The lowest BCUT2D eigenvalue weighted by Crippen LogP contribution is -2.36. The van der Waals surface area contributed by atoms with Crippen LogP contribution >= 0.6 is 0 Å². The fourth-order valence-corrected chi connectivity index (χ4v) is 2.90. The molecule has 2 N–H and O–H groups in total. The van der Waals surface area contributed by atoms with E-state index >= 15 is 0 Å². The molecule has 0 aliphatic carbocycles. The van der Waals surface area contributed by atoms with Crippen molar-refractivity contribution < 1.29 is 9.53 Å². The highest BCUT2D eigenvalue weighted by Crippen LogP contribution is 2.29. The summed E-state index contributed by atoms with van der Waals surface area (Å²) in [7, 11) is 3.94. The summed E-state index contributed by atoms with van der Waals surface area (Å²) < 4.78 is 5.44. The molecule has 1 saturated heterocycles. The van der Waals surface area contributed by atoms with Gasteiger partial charge in [0.25, 0.3) is 5.91 Å². The van der Waals surface area contributed by atoms with Gasteiger partial charge in [0.2, 0.25) is 0 Å². The first-order valence-electron chi connectivity index (χ1n) is 9.21. The number of aromatic nitrogens is 1. The van der Waals surface area contributed by atoms with Crippen molar-refractivity contribution in [1.82, 2.24) is 15.2 Å². The number of benzene rings is 1. The molecule has 144 valence electrons. The molecule has 0 radical (unpaired) electrons. The molecule has 27 heavy (non-hydrogen) atoms. The van der Waals surface area contributed by atoms with Crippen molar-refractivity contribution in [3.05, 3.63) is 48.3 Å². The van der Waals surface area contributed by atoms with Crippen LogP contribution in [0.15, 0.2) is 42.6 Å². The quantitative estimate of drug-likeness (QED) is 0.778. The smallest absolute Gasteiger partial charge is 0.269 e. The summed E-state index contributed by atoms with van der Waals surface area (Å²) in [6.45, 7) is 4.64. The number of rotatable bonds is 7. The number of hydrogen-bond donors (Lipinski definition) is 2. The van der Waals surface area contributed by atoms with Crippen LogP contribution in [0.25, 0.3) is 0 Å². The lowest BCUT2D eigenvalue weighted by molar-refractivity contribution is 0.0946. The molecule has 0 unspecified atom stereocenters. The molecule has 0 spiro atoms. The maximum Gasteiger partial charge on any atom is 0.269 e. The normalized spacial score (nSPS) is 14.3. The monoisotopic (exact) mass is 369 g/mol. The Hall–Kier alpha value is -2.64. The van der Waals surface area contributed by atoms with Crippen LogP contribution < -0.4 is 15.5 Å². The van der Waals surface area contributed by atoms with E-state index in [0.29, 0.717) is 12.2 Å². The summed E-state index contributed by atoms with van der Waals surface area (Å²) in [4.78, 5) is 20.8. The minimum atomic E-state index is -0.155. The van der Waals surface area contributed by atoms with Gasteiger partial charge < -0.3 is 25.2 Å². The Morgan fingerprint density at radius 2 is 1.96 bits per heavy atom. The highest BCUT2D eigenvalue weighted by atomic mass is 16.5. The van der Waals surface area contributed by atoms with Crippen LogP contribution in [0.2, 0.25) is 0 Å². The number of amides is 1. The maximum absolute atomic E-state index is 12.1. The molecule has 7 heteroatoms. The molecular weight excluding hydrogens is 342 g/mol. The Labute approximate surface area is 160 Å². The number of morpholine rings is 1. The summed E-state index contributed by atoms with van der Waals surface area (Å²) in [6, 6.07) is 11.8. The second-order valence-electron chi connectivity index (χ2n) is 6.73. The standard InChI is InChI=1S/C20H27N5O2/c1-24(2)10-9-21-20(26)18-8-7-16(15-22-18)23-17-5-3-4-6-19(17)25-11-13-27-14-12-25/h3-8,15,23H,9-14H2,1-2H3,(H,21,26). The van der Waals surface area contributed by atoms with Gasteiger partial charge in [-0.15, -0.1) is 0 Å². The summed E-state index contributed by atoms with van der Waals surface area (Å²) in [5.41, 5.74) is 3.43. The van der Waals surface area contributed by atoms with E-state index in [2.05, 4.69) is 26.6 Å². The van der Waals surface area contributed by atoms with Gasteiger partial charge in [0.15, 0.2) is 0 Å². The zero-order valence-corrected chi connectivity index (χ0v) is 15.9. The van der Waals surface area contributed by atoms with Crippen LogP contribution in [0.4, 0.5) is 17.1 Å². The molecule has 1 fully saturated rings. The molecule has 3 rings (SSSR count). The van der Waals surface area contributed by atoms with Crippen LogP contribution in [-0.2, 0) is 4.74 Å². The first-order valence-corrected chi connectivity index (χ1v) is 9.21. The number of carbonyl (C=O) groups is 1. The Kier molecular flexibility index (Phi) is 6.62. The number of nitrogens with one attached hydrogen (secondary N) is 2. The van der Waals surface area contributed by atoms with Crippen LogP contribution in [-0.4, -0.2) is 69.3 Å². The lowest BCUT2D eigenvalue weighted by Gasteiger charge is -2.30. The zero-order chi connectivity index (χ0) is 19.1. The molecule has 0 saturated carbocycles. The Morgan fingerprint density at radius 1 is 1.19 bits per heavy atom. The summed E-state index contributed by atoms with van der Waals surface area (Å²) in [5.74, 6) is -0.155. The SMILES string of the molecule is CN(C)CCNC(=O)c1ccc(Nc2ccccc2N2CCOCC2)cn1. The van der Waals surface area contributed by atoms with Crippen molar-refractivity contribution in [1.29, 1.82) is 0 Å². The molecule has 1 amide bonds. The summed E-state index contributed by atoms with van der Waals surface area (Å²) in [6.07, 6.45) is 1.69. The van der Waals surface area contributed by atoms with E-state index in [4.69, 9.17) is 4.74 Å². The molecular formula is C20H27N5O2. The van der Waals surface area contributed by atoms with Gasteiger partial charge in [-0.05, 0) is 38.4 Å². The first-order chi connectivity index (χ1) is 13.1. The van der Waals surface area contributed by atoms with Crippen LogP contribution in [0.1, 0.15) is 10.5 Å². The third kappa shape index (κ3) is 5.42. The van der Waals surface area contributed by atoms with Crippen molar-refractivity contribution in [2.45, 2.75) is 0 Å². The predicted molar refractivity (Wildman–Crippen MR) is 108 cm³/mol. The largest absolute Gasteiger partial charge is 0.378 e. The Bertz CT molecular complexity index is 742. The van der Waals surface area contributed by atoms with Crippen LogP contribution in [0.5, 0.6) is 0 Å². The van der Waals surface area contributed by atoms with Crippen molar-refractivity contribution in [2.75, 3.05) is 63.7 Å². The van der Waals surface area contributed by atoms with Gasteiger partial charge in [0.1, 0.15) is 5.69 Å². The second kappa shape index (κ2) is 9.34. The van der Waals surface area contributed by atoms with Gasteiger partial charge in [0.05, 0.1) is 36.5 Å². The number of nitrogens with zero attached hydrogens (tertiary/aromatic N) is 3. The summed E-state index contributed by atoms with van der Waals surface area (Å²) in [5, 5.41) is 6.28. The minimum Gasteiger partial charge on any atom is -0.378 e. The minimum absolute atomic E-state index is 0.155. The maximum atomic E-state index is 12.1. The predicted octanol–water partition coefficient (Wildman–Crippen LogP) is 1.95. The van der Waals surface area contributed by atoms with E-state index in [9.17, 15) is 4.79 Å². The van der Waals surface area contributed by atoms with Gasteiger partial charge in [-0.1, -0.05) is 12.1 Å². The molecule has 7 nitrogen and oxygen atoms in total. The number of carbonyl (C=O) groups excluding carboxylic acids is 1. The number of ether oxygens (including phenoxy) is 1. The number of para-hydroxylation sites is 2. The average molecular weight is 369 g/mol. The van der Waals surface area contributed by atoms with Crippen LogP contribution in [0, 0.1) is 0 Å². The topological polar surface area (TPSA) is 69.7 Å². The fraction of sp³-hybridized carbons (Fsp3) is 0.400. The third-order valence-corrected chi connectivity index (χ3v) is 4.38. The van der Waals surface area contributed by atoms with E-state index in [1.54, 1.807) is 12.3 Å².